The van der Waals surface area contributed by atoms with Gasteiger partial charge in [0, 0.05) is 39.9 Å². The number of aromatic nitrogens is 3. The minimum absolute atomic E-state index is 0.320. The summed E-state index contributed by atoms with van der Waals surface area (Å²) in [7, 11) is 1.56. The van der Waals surface area contributed by atoms with Crippen LogP contribution in [0.2, 0.25) is 5.02 Å². The monoisotopic (exact) mass is 301 g/mol. The Bertz CT molecular complexity index is 778. The van der Waals surface area contributed by atoms with Gasteiger partial charge in [-0.15, -0.1) is 0 Å². The Hall–Kier alpha value is -2.07. The Balaban J connectivity index is 2.22. The highest BCUT2D eigenvalue weighted by Crippen LogP contribution is 2.32. The van der Waals surface area contributed by atoms with Gasteiger partial charge >= 0.3 is 6.01 Å². The first-order valence-electron chi connectivity index (χ1n) is 6.77. The molecule has 0 atom stereocenters. The summed E-state index contributed by atoms with van der Waals surface area (Å²) in [5.74, 6) is 0. The topological polar surface area (TPSA) is 39.9 Å². The fourth-order valence-electron chi connectivity index (χ4n) is 2.54. The Labute approximate surface area is 128 Å². The van der Waals surface area contributed by atoms with E-state index in [0.717, 1.165) is 27.2 Å². The molecule has 0 aliphatic heterocycles. The van der Waals surface area contributed by atoms with E-state index in [1.807, 2.05) is 18.2 Å². The average molecular weight is 302 g/mol. The van der Waals surface area contributed by atoms with E-state index in [0.29, 0.717) is 12.1 Å². The highest BCUT2D eigenvalue weighted by atomic mass is 35.5. The van der Waals surface area contributed by atoms with Crippen molar-refractivity contribution in [1.29, 1.82) is 0 Å². The molecule has 5 heteroatoms. The van der Waals surface area contributed by atoms with E-state index in [1.54, 1.807) is 19.5 Å². The van der Waals surface area contributed by atoms with Crippen LogP contribution in [0, 0.1) is 0 Å². The third-order valence-corrected chi connectivity index (χ3v) is 3.66. The molecule has 0 bridgehead atoms. The molecule has 0 radical (unpaired) electrons. The molecule has 108 valence electrons. The van der Waals surface area contributed by atoms with Crippen LogP contribution in [0.3, 0.4) is 0 Å². The molecule has 0 fully saturated rings. The van der Waals surface area contributed by atoms with Crippen LogP contribution in [-0.2, 0) is 0 Å². The summed E-state index contributed by atoms with van der Waals surface area (Å²) in [6.07, 6.45) is 3.56. The summed E-state index contributed by atoms with van der Waals surface area (Å²) in [6, 6.07) is 8.74. The number of rotatable bonds is 3. The molecule has 0 N–H and O–H groups in total. The van der Waals surface area contributed by atoms with Crippen LogP contribution in [-0.4, -0.2) is 21.6 Å². The number of ether oxygens (including phenoxy) is 1. The van der Waals surface area contributed by atoms with E-state index in [4.69, 9.17) is 16.3 Å². The lowest BCUT2D eigenvalue weighted by molar-refractivity contribution is 0.380. The summed E-state index contributed by atoms with van der Waals surface area (Å²) in [5.41, 5.74) is 3.18. The molecule has 0 amide bonds. The smallest absolute Gasteiger partial charge is 0.316 e. The van der Waals surface area contributed by atoms with E-state index in [-0.39, 0.29) is 0 Å². The Morgan fingerprint density at radius 1 is 1.14 bits per heavy atom. The molecule has 1 aromatic carbocycles. The molecule has 4 nitrogen and oxygen atoms in total. The molecule has 2 aromatic heterocycles. The third kappa shape index (κ3) is 2.47. The van der Waals surface area contributed by atoms with Gasteiger partial charge in [0.2, 0.25) is 0 Å². The number of halogens is 1. The molecular formula is C16H16ClN3O. The van der Waals surface area contributed by atoms with Crippen molar-refractivity contribution in [3.05, 3.63) is 41.7 Å². The van der Waals surface area contributed by atoms with Crippen molar-refractivity contribution in [1.82, 2.24) is 14.5 Å². The minimum atomic E-state index is 0.320. The zero-order valence-corrected chi connectivity index (χ0v) is 12.9. The van der Waals surface area contributed by atoms with Crippen LogP contribution >= 0.6 is 11.6 Å². The summed E-state index contributed by atoms with van der Waals surface area (Å²) < 4.78 is 7.27. The summed E-state index contributed by atoms with van der Waals surface area (Å²) in [5, 5.41) is 1.85. The molecule has 0 saturated carbocycles. The molecule has 3 rings (SSSR count). The lowest BCUT2D eigenvalue weighted by Gasteiger charge is -2.14. The number of benzene rings is 1. The predicted molar refractivity (Wildman–Crippen MR) is 84.9 cm³/mol. The Kier molecular flexibility index (Phi) is 3.55. The molecule has 2 heterocycles. The second-order valence-electron chi connectivity index (χ2n) is 5.15. The number of nitrogens with zero attached hydrogens (tertiary/aromatic N) is 3. The highest BCUT2D eigenvalue weighted by molar-refractivity contribution is 6.31. The standard InChI is InChI=1S/C16H16ClN3O/c1-10(2)20-14-5-4-13(17)6-11(14)7-15(20)12-8-18-16(21-3)19-9-12/h4-10H,1-3H3. The van der Waals surface area contributed by atoms with Crippen LogP contribution in [0.4, 0.5) is 0 Å². The normalized spacial score (nSPS) is 11.3. The molecule has 21 heavy (non-hydrogen) atoms. The molecular weight excluding hydrogens is 286 g/mol. The van der Waals surface area contributed by atoms with E-state index in [2.05, 4.69) is 34.4 Å². The largest absolute Gasteiger partial charge is 0.467 e. The van der Waals surface area contributed by atoms with Gasteiger partial charge in [0.25, 0.3) is 0 Å². The van der Waals surface area contributed by atoms with Crippen molar-refractivity contribution in [3.8, 4) is 17.3 Å². The SMILES string of the molecule is COc1ncc(-c2cc3cc(Cl)ccc3n2C(C)C)cn1. The lowest BCUT2D eigenvalue weighted by Crippen LogP contribution is -2.03. The Morgan fingerprint density at radius 2 is 1.86 bits per heavy atom. The second kappa shape index (κ2) is 5.37. The summed E-state index contributed by atoms with van der Waals surface area (Å²) in [6.45, 7) is 4.31. The van der Waals surface area contributed by atoms with Gasteiger partial charge < -0.3 is 9.30 Å². The fourth-order valence-corrected chi connectivity index (χ4v) is 2.72. The fraction of sp³-hybridized carbons (Fsp3) is 0.250. The van der Waals surface area contributed by atoms with Crippen molar-refractivity contribution >= 4 is 22.5 Å². The minimum Gasteiger partial charge on any atom is -0.467 e. The maximum absolute atomic E-state index is 6.09. The van der Waals surface area contributed by atoms with Crippen molar-refractivity contribution in [2.75, 3.05) is 7.11 Å². The second-order valence-corrected chi connectivity index (χ2v) is 5.59. The molecule has 0 aliphatic rings. The highest BCUT2D eigenvalue weighted by Gasteiger charge is 2.14. The first kappa shape index (κ1) is 13.9. The average Bonchev–Trinajstić information content (AvgIpc) is 2.85. The van der Waals surface area contributed by atoms with E-state index < -0.39 is 0 Å². The van der Waals surface area contributed by atoms with Gasteiger partial charge in [-0.25, -0.2) is 9.97 Å². The molecule has 0 saturated heterocycles. The van der Waals surface area contributed by atoms with Gasteiger partial charge in [-0.05, 0) is 38.1 Å². The van der Waals surface area contributed by atoms with E-state index >= 15 is 0 Å². The van der Waals surface area contributed by atoms with Crippen LogP contribution < -0.4 is 4.74 Å². The number of hydrogen-bond donors (Lipinski definition) is 0. The maximum Gasteiger partial charge on any atom is 0.316 e. The lowest BCUT2D eigenvalue weighted by atomic mass is 10.2. The summed E-state index contributed by atoms with van der Waals surface area (Å²) in [4.78, 5) is 8.38. The summed E-state index contributed by atoms with van der Waals surface area (Å²) >= 11 is 6.09. The number of methoxy groups -OCH3 is 1. The van der Waals surface area contributed by atoms with Gasteiger partial charge in [0.05, 0.1) is 12.8 Å². The van der Waals surface area contributed by atoms with Crippen molar-refractivity contribution in [2.24, 2.45) is 0 Å². The van der Waals surface area contributed by atoms with Crippen molar-refractivity contribution < 1.29 is 4.74 Å². The maximum atomic E-state index is 6.09. The quantitative estimate of drug-likeness (QED) is 0.722. The van der Waals surface area contributed by atoms with Crippen LogP contribution in [0.25, 0.3) is 22.2 Å². The Morgan fingerprint density at radius 3 is 2.48 bits per heavy atom. The molecule has 0 unspecified atom stereocenters. The van der Waals surface area contributed by atoms with E-state index in [9.17, 15) is 0 Å². The third-order valence-electron chi connectivity index (χ3n) is 3.42. The van der Waals surface area contributed by atoms with Gasteiger partial charge in [-0.1, -0.05) is 11.6 Å². The number of fused-ring (bicyclic) bond motifs is 1. The van der Waals surface area contributed by atoms with Crippen LogP contribution in [0.5, 0.6) is 6.01 Å². The van der Waals surface area contributed by atoms with Crippen molar-refractivity contribution in [2.45, 2.75) is 19.9 Å². The zero-order chi connectivity index (χ0) is 15.0. The first-order chi connectivity index (χ1) is 10.1. The number of hydrogen-bond acceptors (Lipinski definition) is 3. The van der Waals surface area contributed by atoms with Gasteiger partial charge in [0.1, 0.15) is 0 Å². The van der Waals surface area contributed by atoms with Crippen LogP contribution in [0.15, 0.2) is 36.7 Å². The van der Waals surface area contributed by atoms with Crippen molar-refractivity contribution in [3.63, 3.8) is 0 Å². The molecule has 3 aromatic rings. The molecule has 0 spiro atoms. The predicted octanol–water partition coefficient (Wildman–Crippen LogP) is 4.34. The first-order valence-corrected chi connectivity index (χ1v) is 7.15. The zero-order valence-electron chi connectivity index (χ0n) is 12.2. The van der Waals surface area contributed by atoms with E-state index in [1.165, 1.54) is 0 Å². The molecule has 0 aliphatic carbocycles. The van der Waals surface area contributed by atoms with Gasteiger partial charge in [-0.2, -0.15) is 0 Å². The van der Waals surface area contributed by atoms with Crippen LogP contribution in [0.1, 0.15) is 19.9 Å². The van der Waals surface area contributed by atoms with Gasteiger partial charge in [0.15, 0.2) is 0 Å². The van der Waals surface area contributed by atoms with Gasteiger partial charge in [-0.3, -0.25) is 0 Å².